The number of urea groups is 1. The highest BCUT2D eigenvalue weighted by Crippen LogP contribution is 2.29. The largest absolute Gasteiger partial charge is 0.497 e. The molecule has 1 aliphatic heterocycles. The number of rotatable bonds is 4. The quantitative estimate of drug-likeness (QED) is 0.858. The summed E-state index contributed by atoms with van der Waals surface area (Å²) in [6.07, 6.45) is 0. The Morgan fingerprint density at radius 1 is 1.42 bits per heavy atom. The van der Waals surface area contributed by atoms with Gasteiger partial charge < -0.3 is 24.8 Å². The lowest BCUT2D eigenvalue weighted by Crippen LogP contribution is -2.52. The number of aliphatic hydroxyl groups excluding tert-OH is 1. The van der Waals surface area contributed by atoms with Crippen LogP contribution in [-0.4, -0.2) is 50.0 Å². The van der Waals surface area contributed by atoms with Crippen LogP contribution in [0.1, 0.15) is 0 Å². The van der Waals surface area contributed by atoms with E-state index in [-0.39, 0.29) is 18.6 Å². The van der Waals surface area contributed by atoms with E-state index in [1.54, 1.807) is 30.2 Å². The van der Waals surface area contributed by atoms with Gasteiger partial charge in [-0.2, -0.15) is 0 Å². The molecular formula is C13H18N2O4. The fourth-order valence-electron chi connectivity index (χ4n) is 1.95. The first-order valence-electron chi connectivity index (χ1n) is 6.06. The van der Waals surface area contributed by atoms with Gasteiger partial charge in [-0.15, -0.1) is 0 Å². The summed E-state index contributed by atoms with van der Waals surface area (Å²) in [5.74, 6) is 1.41. The standard InChI is InChI=1S/C13H18N2O4/c1-18-10-3-4-11(12(5-10)19-2)14-13(17)15-6-9(7-15)8-16/h3-5,9,16H,6-8H2,1-2H3,(H,14,17). The van der Waals surface area contributed by atoms with Crippen molar-refractivity contribution in [2.75, 3.05) is 39.2 Å². The van der Waals surface area contributed by atoms with Crippen molar-refractivity contribution in [2.24, 2.45) is 5.92 Å². The monoisotopic (exact) mass is 266 g/mol. The summed E-state index contributed by atoms with van der Waals surface area (Å²) in [5, 5.41) is 11.7. The van der Waals surface area contributed by atoms with Crippen molar-refractivity contribution in [3.63, 3.8) is 0 Å². The highest BCUT2D eigenvalue weighted by Gasteiger charge is 2.30. The molecule has 6 nitrogen and oxygen atoms in total. The maximum Gasteiger partial charge on any atom is 0.321 e. The van der Waals surface area contributed by atoms with Crippen molar-refractivity contribution >= 4 is 11.7 Å². The lowest BCUT2D eigenvalue weighted by Gasteiger charge is -2.38. The Labute approximate surface area is 111 Å². The van der Waals surface area contributed by atoms with Gasteiger partial charge in [0.05, 0.1) is 19.9 Å². The number of methoxy groups -OCH3 is 2. The van der Waals surface area contributed by atoms with Crippen LogP contribution in [0.4, 0.5) is 10.5 Å². The zero-order chi connectivity index (χ0) is 13.8. The third-order valence-electron chi connectivity index (χ3n) is 3.15. The SMILES string of the molecule is COc1ccc(NC(=O)N2CC(CO)C2)c(OC)c1. The second-order valence-electron chi connectivity index (χ2n) is 4.45. The van der Waals surface area contributed by atoms with Gasteiger partial charge >= 0.3 is 6.03 Å². The van der Waals surface area contributed by atoms with Crippen molar-refractivity contribution in [2.45, 2.75) is 0 Å². The third-order valence-corrected chi connectivity index (χ3v) is 3.15. The summed E-state index contributed by atoms with van der Waals surface area (Å²) in [4.78, 5) is 13.6. The number of benzene rings is 1. The summed E-state index contributed by atoms with van der Waals surface area (Å²) in [7, 11) is 3.11. The number of carbonyl (C=O) groups is 1. The molecule has 1 aliphatic rings. The molecule has 1 heterocycles. The summed E-state index contributed by atoms with van der Waals surface area (Å²) in [6, 6.07) is 5.01. The van der Waals surface area contributed by atoms with E-state index in [0.29, 0.717) is 30.3 Å². The van der Waals surface area contributed by atoms with Crippen molar-refractivity contribution < 1.29 is 19.4 Å². The van der Waals surface area contributed by atoms with Crippen molar-refractivity contribution in [1.29, 1.82) is 0 Å². The fourth-order valence-corrected chi connectivity index (χ4v) is 1.95. The number of amides is 2. The first-order chi connectivity index (χ1) is 9.17. The van der Waals surface area contributed by atoms with Crippen LogP contribution in [0.5, 0.6) is 11.5 Å². The Morgan fingerprint density at radius 3 is 2.74 bits per heavy atom. The Balaban J connectivity index is 2.01. The molecule has 0 aliphatic carbocycles. The van der Waals surface area contributed by atoms with Crippen LogP contribution >= 0.6 is 0 Å². The number of aliphatic hydroxyl groups is 1. The van der Waals surface area contributed by atoms with Crippen LogP contribution in [-0.2, 0) is 0 Å². The van der Waals surface area contributed by atoms with Gasteiger partial charge in [0.1, 0.15) is 11.5 Å². The van der Waals surface area contributed by atoms with Crippen LogP contribution in [0.3, 0.4) is 0 Å². The maximum atomic E-state index is 11.9. The van der Waals surface area contributed by atoms with Gasteiger partial charge in [0.25, 0.3) is 0 Å². The predicted molar refractivity (Wildman–Crippen MR) is 70.7 cm³/mol. The maximum absolute atomic E-state index is 11.9. The number of ether oxygens (including phenoxy) is 2. The molecule has 1 fully saturated rings. The molecule has 2 N–H and O–H groups in total. The van der Waals surface area contributed by atoms with E-state index in [1.165, 1.54) is 7.11 Å². The van der Waals surface area contributed by atoms with E-state index >= 15 is 0 Å². The van der Waals surface area contributed by atoms with Gasteiger partial charge in [-0.3, -0.25) is 0 Å². The Morgan fingerprint density at radius 2 is 2.16 bits per heavy atom. The van der Waals surface area contributed by atoms with Crippen LogP contribution < -0.4 is 14.8 Å². The number of hydrogen-bond donors (Lipinski definition) is 2. The average molecular weight is 266 g/mol. The van der Waals surface area contributed by atoms with Gasteiger partial charge in [-0.1, -0.05) is 0 Å². The molecule has 0 aromatic heterocycles. The van der Waals surface area contributed by atoms with Gasteiger partial charge in [0, 0.05) is 31.7 Å². The lowest BCUT2D eigenvalue weighted by molar-refractivity contribution is 0.0838. The smallest absolute Gasteiger partial charge is 0.321 e. The third kappa shape index (κ3) is 2.90. The second kappa shape index (κ2) is 5.79. The molecule has 104 valence electrons. The normalized spacial score (nSPS) is 14.8. The minimum Gasteiger partial charge on any atom is -0.497 e. The van der Waals surface area contributed by atoms with E-state index < -0.39 is 0 Å². The Bertz CT molecular complexity index is 458. The van der Waals surface area contributed by atoms with E-state index in [2.05, 4.69) is 5.32 Å². The molecule has 2 rings (SSSR count). The van der Waals surface area contributed by atoms with E-state index in [4.69, 9.17) is 14.6 Å². The number of carbonyl (C=O) groups excluding carboxylic acids is 1. The van der Waals surface area contributed by atoms with E-state index in [0.717, 1.165) is 0 Å². The van der Waals surface area contributed by atoms with Crippen LogP contribution in [0.2, 0.25) is 0 Å². The van der Waals surface area contributed by atoms with Gasteiger partial charge in [0.2, 0.25) is 0 Å². The Kier molecular flexibility index (Phi) is 4.11. The van der Waals surface area contributed by atoms with Gasteiger partial charge in [-0.25, -0.2) is 4.79 Å². The molecule has 0 atom stereocenters. The molecule has 19 heavy (non-hydrogen) atoms. The number of hydrogen-bond acceptors (Lipinski definition) is 4. The first-order valence-corrected chi connectivity index (χ1v) is 6.06. The van der Waals surface area contributed by atoms with Crippen LogP contribution in [0.15, 0.2) is 18.2 Å². The van der Waals surface area contributed by atoms with E-state index in [9.17, 15) is 4.79 Å². The van der Waals surface area contributed by atoms with Gasteiger partial charge in [-0.05, 0) is 12.1 Å². The highest BCUT2D eigenvalue weighted by atomic mass is 16.5. The zero-order valence-electron chi connectivity index (χ0n) is 11.0. The summed E-state index contributed by atoms with van der Waals surface area (Å²) < 4.78 is 10.3. The average Bonchev–Trinajstić information content (AvgIpc) is 2.38. The second-order valence-corrected chi connectivity index (χ2v) is 4.45. The minimum atomic E-state index is -0.187. The molecular weight excluding hydrogens is 248 g/mol. The summed E-state index contributed by atoms with van der Waals surface area (Å²) in [6.45, 7) is 1.29. The molecule has 0 radical (unpaired) electrons. The van der Waals surface area contributed by atoms with Crippen LogP contribution in [0, 0.1) is 5.92 Å². The van der Waals surface area contributed by atoms with E-state index in [1.807, 2.05) is 0 Å². The van der Waals surface area contributed by atoms with Crippen molar-refractivity contribution in [3.05, 3.63) is 18.2 Å². The number of likely N-dealkylation sites (tertiary alicyclic amines) is 1. The number of nitrogens with zero attached hydrogens (tertiary/aromatic N) is 1. The zero-order valence-corrected chi connectivity index (χ0v) is 11.0. The summed E-state index contributed by atoms with van der Waals surface area (Å²) >= 11 is 0. The summed E-state index contributed by atoms with van der Waals surface area (Å²) in [5.41, 5.74) is 0.598. The minimum absolute atomic E-state index is 0.121. The van der Waals surface area contributed by atoms with Gasteiger partial charge in [0.15, 0.2) is 0 Å². The van der Waals surface area contributed by atoms with Crippen LogP contribution in [0.25, 0.3) is 0 Å². The molecule has 0 saturated carbocycles. The number of nitrogens with one attached hydrogen (secondary N) is 1. The molecule has 1 saturated heterocycles. The highest BCUT2D eigenvalue weighted by molar-refractivity contribution is 5.91. The Hall–Kier alpha value is -1.95. The molecule has 0 bridgehead atoms. The molecule has 1 aromatic rings. The van der Waals surface area contributed by atoms with Crippen molar-refractivity contribution in [3.8, 4) is 11.5 Å². The van der Waals surface area contributed by atoms with Crippen molar-refractivity contribution in [1.82, 2.24) is 4.90 Å². The predicted octanol–water partition coefficient (Wildman–Crippen LogP) is 1.16. The fraction of sp³-hybridized carbons (Fsp3) is 0.462. The number of anilines is 1. The molecule has 0 spiro atoms. The molecule has 6 heteroatoms. The molecule has 2 amide bonds. The topological polar surface area (TPSA) is 71.0 Å². The lowest BCUT2D eigenvalue weighted by atomic mass is 10.0. The molecule has 0 unspecified atom stereocenters. The molecule has 1 aromatic carbocycles. The first kappa shape index (κ1) is 13.5.